The van der Waals surface area contributed by atoms with Gasteiger partial charge in [0.1, 0.15) is 0 Å². The van der Waals surface area contributed by atoms with E-state index in [-0.39, 0.29) is 0 Å². The van der Waals surface area contributed by atoms with Crippen molar-refractivity contribution in [1.29, 1.82) is 0 Å². The van der Waals surface area contributed by atoms with Gasteiger partial charge in [-0.05, 0) is 58.7 Å². The number of nitrogens with zero attached hydrogens (tertiary/aromatic N) is 1. The maximum Gasteiger partial charge on any atom is 0.0506 e. The third-order valence-electron chi connectivity index (χ3n) is 3.72. The van der Waals surface area contributed by atoms with E-state index in [9.17, 15) is 0 Å². The molecule has 3 heteroatoms. The van der Waals surface area contributed by atoms with Crippen LogP contribution in [0.15, 0.2) is 0 Å². The smallest absolute Gasteiger partial charge is 0.0506 e. The lowest BCUT2D eigenvalue weighted by molar-refractivity contribution is 0.0368. The highest BCUT2D eigenvalue weighted by atomic mass is 16.5. The van der Waals surface area contributed by atoms with Crippen molar-refractivity contribution in [3.05, 3.63) is 0 Å². The van der Waals surface area contributed by atoms with Crippen molar-refractivity contribution in [2.45, 2.75) is 45.6 Å². The molecular weight excluding hydrogens is 212 g/mol. The fourth-order valence-electron chi connectivity index (χ4n) is 2.37. The molecule has 0 spiro atoms. The molecular formula is C14H30N2O. The van der Waals surface area contributed by atoms with Gasteiger partial charge in [0.25, 0.3) is 0 Å². The van der Waals surface area contributed by atoms with E-state index in [2.05, 4.69) is 31.1 Å². The highest BCUT2D eigenvalue weighted by molar-refractivity contribution is 4.71. The summed E-state index contributed by atoms with van der Waals surface area (Å²) in [5, 5.41) is 3.47. The summed E-state index contributed by atoms with van der Waals surface area (Å²) in [6, 6.07) is 0.668. The second kappa shape index (κ2) is 8.90. The fraction of sp³-hybridized carbons (Fsp3) is 1.00. The summed E-state index contributed by atoms with van der Waals surface area (Å²) in [6.07, 6.45) is 5.05. The molecule has 0 radical (unpaired) electrons. The Hall–Kier alpha value is -0.120. The first-order valence-electron chi connectivity index (χ1n) is 7.22. The molecule has 1 heterocycles. The van der Waals surface area contributed by atoms with Crippen LogP contribution in [0, 0.1) is 5.92 Å². The van der Waals surface area contributed by atoms with E-state index in [0.29, 0.717) is 6.04 Å². The Balaban J connectivity index is 2.10. The van der Waals surface area contributed by atoms with Gasteiger partial charge in [0.2, 0.25) is 0 Å². The van der Waals surface area contributed by atoms with Crippen molar-refractivity contribution < 1.29 is 4.74 Å². The SMILES string of the molecule is CCCNCCC(C)N(C)CC1CCCOC1. The molecule has 0 aromatic carbocycles. The van der Waals surface area contributed by atoms with Crippen LogP contribution in [0.2, 0.25) is 0 Å². The average molecular weight is 242 g/mol. The van der Waals surface area contributed by atoms with E-state index < -0.39 is 0 Å². The van der Waals surface area contributed by atoms with Crippen LogP contribution in [0.5, 0.6) is 0 Å². The molecule has 0 aromatic rings. The topological polar surface area (TPSA) is 24.5 Å². The minimum atomic E-state index is 0.668. The molecule has 0 bridgehead atoms. The average Bonchev–Trinajstić information content (AvgIpc) is 2.35. The van der Waals surface area contributed by atoms with Crippen molar-refractivity contribution >= 4 is 0 Å². The first-order chi connectivity index (χ1) is 8.24. The predicted molar refractivity (Wildman–Crippen MR) is 73.4 cm³/mol. The molecule has 1 aliphatic heterocycles. The van der Waals surface area contributed by atoms with Crippen molar-refractivity contribution in [3.8, 4) is 0 Å². The van der Waals surface area contributed by atoms with Crippen LogP contribution in [-0.2, 0) is 4.74 Å². The van der Waals surface area contributed by atoms with Gasteiger partial charge in [-0.1, -0.05) is 6.92 Å². The number of ether oxygens (including phenoxy) is 1. The maximum atomic E-state index is 5.54. The van der Waals surface area contributed by atoms with Crippen LogP contribution >= 0.6 is 0 Å². The molecule has 1 rings (SSSR count). The predicted octanol–water partition coefficient (Wildman–Crippen LogP) is 2.12. The summed E-state index contributed by atoms with van der Waals surface area (Å²) in [4.78, 5) is 2.49. The van der Waals surface area contributed by atoms with Gasteiger partial charge in [-0.25, -0.2) is 0 Å². The fourth-order valence-corrected chi connectivity index (χ4v) is 2.37. The largest absolute Gasteiger partial charge is 0.381 e. The second-order valence-corrected chi connectivity index (χ2v) is 5.41. The summed E-state index contributed by atoms with van der Waals surface area (Å²) >= 11 is 0. The van der Waals surface area contributed by atoms with E-state index in [4.69, 9.17) is 4.74 Å². The molecule has 17 heavy (non-hydrogen) atoms. The normalized spacial score (nSPS) is 22.9. The molecule has 2 atom stereocenters. The maximum absolute atomic E-state index is 5.54. The third-order valence-corrected chi connectivity index (χ3v) is 3.72. The van der Waals surface area contributed by atoms with E-state index in [1.165, 1.54) is 32.2 Å². The molecule has 1 N–H and O–H groups in total. The van der Waals surface area contributed by atoms with E-state index >= 15 is 0 Å². The van der Waals surface area contributed by atoms with Gasteiger partial charge in [-0.15, -0.1) is 0 Å². The van der Waals surface area contributed by atoms with Crippen molar-refractivity contribution in [2.75, 3.05) is 39.9 Å². The van der Waals surface area contributed by atoms with Crippen LogP contribution in [0.25, 0.3) is 0 Å². The zero-order valence-electron chi connectivity index (χ0n) is 11.9. The summed E-state index contributed by atoms with van der Waals surface area (Å²) in [5.41, 5.74) is 0. The summed E-state index contributed by atoms with van der Waals surface area (Å²) in [7, 11) is 2.25. The summed E-state index contributed by atoms with van der Waals surface area (Å²) in [5.74, 6) is 0.750. The van der Waals surface area contributed by atoms with Gasteiger partial charge in [0.15, 0.2) is 0 Å². The summed E-state index contributed by atoms with van der Waals surface area (Å²) < 4.78 is 5.54. The van der Waals surface area contributed by atoms with Crippen molar-refractivity contribution in [2.24, 2.45) is 5.92 Å². The van der Waals surface area contributed by atoms with Crippen LogP contribution in [-0.4, -0.2) is 50.8 Å². The Bertz CT molecular complexity index is 181. The third kappa shape index (κ3) is 6.39. The number of hydrogen-bond donors (Lipinski definition) is 1. The Morgan fingerprint density at radius 2 is 2.24 bits per heavy atom. The highest BCUT2D eigenvalue weighted by Gasteiger charge is 2.18. The molecule has 1 aliphatic rings. The van der Waals surface area contributed by atoms with Gasteiger partial charge in [0.05, 0.1) is 6.61 Å². The van der Waals surface area contributed by atoms with Gasteiger partial charge >= 0.3 is 0 Å². The Labute approximate surface area is 107 Å². The molecule has 2 unspecified atom stereocenters. The van der Waals surface area contributed by atoms with Crippen molar-refractivity contribution in [3.63, 3.8) is 0 Å². The lowest BCUT2D eigenvalue weighted by Gasteiger charge is -2.31. The zero-order chi connectivity index (χ0) is 12.5. The molecule has 1 saturated heterocycles. The molecule has 0 aromatic heterocycles. The molecule has 3 nitrogen and oxygen atoms in total. The minimum absolute atomic E-state index is 0.668. The standard InChI is InChI=1S/C14H30N2O/c1-4-8-15-9-7-13(2)16(3)11-14-6-5-10-17-12-14/h13-15H,4-12H2,1-3H3. The number of hydrogen-bond acceptors (Lipinski definition) is 3. The Morgan fingerprint density at radius 3 is 2.88 bits per heavy atom. The molecule has 1 fully saturated rings. The van der Waals surface area contributed by atoms with E-state index in [1.807, 2.05) is 0 Å². The lowest BCUT2D eigenvalue weighted by atomic mass is 10.0. The quantitative estimate of drug-likeness (QED) is 0.660. The first-order valence-corrected chi connectivity index (χ1v) is 7.22. The van der Waals surface area contributed by atoms with Gasteiger partial charge in [-0.3, -0.25) is 0 Å². The van der Waals surface area contributed by atoms with E-state index in [0.717, 1.165) is 32.2 Å². The minimum Gasteiger partial charge on any atom is -0.381 e. The van der Waals surface area contributed by atoms with Gasteiger partial charge in [-0.2, -0.15) is 0 Å². The van der Waals surface area contributed by atoms with Crippen molar-refractivity contribution in [1.82, 2.24) is 10.2 Å². The monoisotopic (exact) mass is 242 g/mol. The molecule has 0 amide bonds. The van der Waals surface area contributed by atoms with Crippen LogP contribution < -0.4 is 5.32 Å². The van der Waals surface area contributed by atoms with E-state index in [1.54, 1.807) is 0 Å². The second-order valence-electron chi connectivity index (χ2n) is 5.41. The lowest BCUT2D eigenvalue weighted by Crippen LogP contribution is -2.38. The van der Waals surface area contributed by atoms with Crippen LogP contribution in [0.3, 0.4) is 0 Å². The zero-order valence-corrected chi connectivity index (χ0v) is 11.9. The number of nitrogens with one attached hydrogen (secondary N) is 1. The summed E-state index contributed by atoms with van der Waals surface area (Å²) in [6.45, 7) is 9.95. The molecule has 0 saturated carbocycles. The Morgan fingerprint density at radius 1 is 1.41 bits per heavy atom. The Kier molecular flexibility index (Phi) is 7.82. The van der Waals surface area contributed by atoms with Gasteiger partial charge < -0.3 is 15.0 Å². The first kappa shape index (κ1) is 14.9. The number of rotatable bonds is 8. The molecule has 102 valence electrons. The highest BCUT2D eigenvalue weighted by Crippen LogP contribution is 2.15. The van der Waals surface area contributed by atoms with Crippen LogP contribution in [0.1, 0.15) is 39.5 Å². The van der Waals surface area contributed by atoms with Gasteiger partial charge in [0, 0.05) is 19.2 Å². The molecule has 0 aliphatic carbocycles. The van der Waals surface area contributed by atoms with Crippen LogP contribution in [0.4, 0.5) is 0 Å².